The van der Waals surface area contributed by atoms with Crippen molar-refractivity contribution in [2.24, 2.45) is 5.16 Å². The molecule has 2 rings (SSSR count). The lowest BCUT2D eigenvalue weighted by molar-refractivity contribution is -0.137. The second kappa shape index (κ2) is 4.99. The van der Waals surface area contributed by atoms with Gasteiger partial charge in [-0.05, 0) is 18.9 Å². The smallest absolute Gasteiger partial charge is 0.303 e. The Labute approximate surface area is 99.9 Å². The fraction of sp³-hybridized carbons (Fsp3) is 0.385. The number of carboxylic acid groups (broad SMARTS) is 1. The molecule has 4 heteroatoms. The van der Waals surface area contributed by atoms with Crippen molar-refractivity contribution < 1.29 is 14.7 Å². The molecule has 0 fully saturated rings. The van der Waals surface area contributed by atoms with Gasteiger partial charge >= 0.3 is 5.97 Å². The Hall–Kier alpha value is -1.84. The highest BCUT2D eigenvalue weighted by Gasteiger charge is 2.23. The summed E-state index contributed by atoms with van der Waals surface area (Å²) in [7, 11) is 0. The lowest BCUT2D eigenvalue weighted by Gasteiger charge is -2.06. The minimum atomic E-state index is -0.794. The summed E-state index contributed by atoms with van der Waals surface area (Å²) < 4.78 is 0. The molecule has 0 aromatic heterocycles. The van der Waals surface area contributed by atoms with Crippen LogP contribution in [0.25, 0.3) is 0 Å². The first kappa shape index (κ1) is 11.6. The summed E-state index contributed by atoms with van der Waals surface area (Å²) in [5, 5.41) is 12.7. The molecule has 1 aromatic carbocycles. The molecule has 0 amide bonds. The van der Waals surface area contributed by atoms with Gasteiger partial charge < -0.3 is 9.94 Å². The summed E-state index contributed by atoms with van der Waals surface area (Å²) in [4.78, 5) is 15.7. The molecule has 90 valence electrons. The van der Waals surface area contributed by atoms with E-state index < -0.39 is 5.97 Å². The van der Waals surface area contributed by atoms with Crippen molar-refractivity contribution in [3.8, 4) is 0 Å². The zero-order valence-corrected chi connectivity index (χ0v) is 9.72. The zero-order valence-electron chi connectivity index (χ0n) is 9.72. The Balaban J connectivity index is 1.98. The molecule has 1 N–H and O–H groups in total. The topological polar surface area (TPSA) is 58.9 Å². The van der Waals surface area contributed by atoms with Gasteiger partial charge in [0.25, 0.3) is 0 Å². The van der Waals surface area contributed by atoms with Crippen molar-refractivity contribution in [3.63, 3.8) is 0 Å². The number of benzene rings is 1. The summed E-state index contributed by atoms with van der Waals surface area (Å²) in [5.41, 5.74) is 3.16. The number of oxime groups is 1. The number of rotatable bonds is 4. The molecule has 0 saturated carbocycles. The Morgan fingerprint density at radius 2 is 2.29 bits per heavy atom. The fourth-order valence-electron chi connectivity index (χ4n) is 1.92. The number of carboxylic acids is 1. The van der Waals surface area contributed by atoms with Crippen LogP contribution in [-0.2, 0) is 9.63 Å². The average molecular weight is 233 g/mol. The highest BCUT2D eigenvalue weighted by molar-refractivity contribution is 6.02. The molecule has 0 aliphatic carbocycles. The van der Waals surface area contributed by atoms with Gasteiger partial charge in [0.05, 0.1) is 5.71 Å². The van der Waals surface area contributed by atoms with E-state index in [0.29, 0.717) is 12.8 Å². The second-order valence-corrected chi connectivity index (χ2v) is 4.22. The van der Waals surface area contributed by atoms with E-state index in [4.69, 9.17) is 9.94 Å². The average Bonchev–Trinajstić information content (AvgIpc) is 2.75. The van der Waals surface area contributed by atoms with Gasteiger partial charge in [-0.2, -0.15) is 0 Å². The van der Waals surface area contributed by atoms with Crippen LogP contribution in [0.1, 0.15) is 30.4 Å². The van der Waals surface area contributed by atoms with Crippen LogP contribution in [-0.4, -0.2) is 22.9 Å². The van der Waals surface area contributed by atoms with E-state index in [2.05, 4.69) is 5.16 Å². The summed E-state index contributed by atoms with van der Waals surface area (Å²) in [6, 6.07) is 7.99. The van der Waals surface area contributed by atoms with Gasteiger partial charge in [0.15, 0.2) is 0 Å². The Kier molecular flexibility index (Phi) is 3.42. The van der Waals surface area contributed by atoms with E-state index in [1.54, 1.807) is 0 Å². The lowest BCUT2D eigenvalue weighted by Crippen LogP contribution is -2.11. The molecular formula is C13H15NO3. The molecule has 1 heterocycles. The molecule has 0 saturated heterocycles. The molecule has 0 bridgehead atoms. The number of hydrogen-bond acceptors (Lipinski definition) is 3. The van der Waals surface area contributed by atoms with Crippen LogP contribution in [0, 0.1) is 6.92 Å². The minimum absolute atomic E-state index is 0.0966. The molecular weight excluding hydrogens is 218 g/mol. The van der Waals surface area contributed by atoms with Gasteiger partial charge in [0, 0.05) is 18.4 Å². The number of carbonyl (C=O) groups is 1. The third-order valence-electron chi connectivity index (χ3n) is 2.87. The Morgan fingerprint density at radius 3 is 3.00 bits per heavy atom. The number of hydrogen-bond donors (Lipinski definition) is 1. The van der Waals surface area contributed by atoms with E-state index in [-0.39, 0.29) is 12.5 Å². The van der Waals surface area contributed by atoms with Crippen molar-refractivity contribution >= 4 is 11.7 Å². The van der Waals surface area contributed by atoms with Crippen molar-refractivity contribution in [2.45, 2.75) is 32.3 Å². The molecule has 1 aliphatic rings. The predicted octanol–water partition coefficient (Wildman–Crippen LogP) is 2.35. The predicted molar refractivity (Wildman–Crippen MR) is 64.1 cm³/mol. The summed E-state index contributed by atoms with van der Waals surface area (Å²) in [5.74, 6) is -0.794. The second-order valence-electron chi connectivity index (χ2n) is 4.22. The van der Waals surface area contributed by atoms with Gasteiger partial charge in [-0.3, -0.25) is 4.79 Å². The van der Waals surface area contributed by atoms with Crippen molar-refractivity contribution in [1.29, 1.82) is 0 Å². The molecule has 0 spiro atoms. The summed E-state index contributed by atoms with van der Waals surface area (Å²) in [6.07, 6.45) is 1.23. The van der Waals surface area contributed by atoms with Gasteiger partial charge in [-0.15, -0.1) is 0 Å². The van der Waals surface area contributed by atoms with Crippen LogP contribution in [0.5, 0.6) is 0 Å². The first-order valence-electron chi connectivity index (χ1n) is 5.67. The third-order valence-corrected chi connectivity index (χ3v) is 2.87. The highest BCUT2D eigenvalue weighted by Crippen LogP contribution is 2.21. The number of aryl methyl sites for hydroxylation is 1. The van der Waals surface area contributed by atoms with Crippen molar-refractivity contribution in [3.05, 3.63) is 35.4 Å². The first-order valence-corrected chi connectivity index (χ1v) is 5.67. The van der Waals surface area contributed by atoms with Crippen LogP contribution >= 0.6 is 0 Å². The quantitative estimate of drug-likeness (QED) is 0.868. The number of nitrogens with zero attached hydrogens (tertiary/aromatic N) is 1. The molecule has 17 heavy (non-hydrogen) atoms. The highest BCUT2D eigenvalue weighted by atomic mass is 16.6. The van der Waals surface area contributed by atoms with E-state index in [0.717, 1.165) is 16.8 Å². The largest absolute Gasteiger partial charge is 0.481 e. The maximum atomic E-state index is 10.5. The summed E-state index contributed by atoms with van der Waals surface area (Å²) >= 11 is 0. The van der Waals surface area contributed by atoms with Crippen LogP contribution in [0.15, 0.2) is 29.4 Å². The van der Waals surface area contributed by atoms with E-state index >= 15 is 0 Å². The molecule has 4 nitrogen and oxygen atoms in total. The molecule has 1 unspecified atom stereocenters. The Morgan fingerprint density at radius 1 is 1.53 bits per heavy atom. The summed E-state index contributed by atoms with van der Waals surface area (Å²) in [6.45, 7) is 2.03. The fourth-order valence-corrected chi connectivity index (χ4v) is 1.92. The minimum Gasteiger partial charge on any atom is -0.481 e. The molecule has 1 aromatic rings. The van der Waals surface area contributed by atoms with Crippen LogP contribution < -0.4 is 0 Å². The molecule has 1 aliphatic heterocycles. The zero-order chi connectivity index (χ0) is 12.3. The van der Waals surface area contributed by atoms with Crippen LogP contribution in [0.3, 0.4) is 0 Å². The first-order chi connectivity index (χ1) is 8.16. The van der Waals surface area contributed by atoms with Crippen LogP contribution in [0.2, 0.25) is 0 Å². The lowest BCUT2D eigenvalue weighted by atomic mass is 9.99. The van der Waals surface area contributed by atoms with Gasteiger partial charge in [0.1, 0.15) is 6.10 Å². The van der Waals surface area contributed by atoms with Crippen molar-refractivity contribution in [1.82, 2.24) is 0 Å². The normalized spacial score (nSPS) is 18.6. The van der Waals surface area contributed by atoms with E-state index in [1.807, 2.05) is 31.2 Å². The number of aliphatic carboxylic acids is 1. The van der Waals surface area contributed by atoms with Gasteiger partial charge in [0.2, 0.25) is 0 Å². The van der Waals surface area contributed by atoms with Gasteiger partial charge in [-0.25, -0.2) is 0 Å². The standard InChI is InChI=1S/C13H15NO3/c1-9-4-2-3-5-11(9)12-8-10(17-14-12)6-7-13(15)16/h2-5,10H,6-8H2,1H3,(H,15,16). The molecule has 0 radical (unpaired) electrons. The maximum Gasteiger partial charge on any atom is 0.303 e. The SMILES string of the molecule is Cc1ccccc1C1=NOC(CCC(=O)O)C1. The monoisotopic (exact) mass is 233 g/mol. The van der Waals surface area contributed by atoms with Crippen LogP contribution in [0.4, 0.5) is 0 Å². The van der Waals surface area contributed by atoms with E-state index in [1.165, 1.54) is 0 Å². The molecule has 1 atom stereocenters. The van der Waals surface area contributed by atoms with E-state index in [9.17, 15) is 4.79 Å². The maximum absolute atomic E-state index is 10.5. The van der Waals surface area contributed by atoms with Gasteiger partial charge in [-0.1, -0.05) is 29.4 Å². The van der Waals surface area contributed by atoms with Crippen molar-refractivity contribution in [2.75, 3.05) is 0 Å². The third kappa shape index (κ3) is 2.84. The Bertz CT molecular complexity index is 454.